The number of rotatable bonds is 0. The molecule has 0 aliphatic heterocycles. The van der Waals surface area contributed by atoms with Gasteiger partial charge in [0.15, 0.2) is 5.78 Å². The van der Waals surface area contributed by atoms with Crippen LogP contribution < -0.4 is 0 Å². The quantitative estimate of drug-likeness (QED) is 0.508. The van der Waals surface area contributed by atoms with Gasteiger partial charge >= 0.3 is 0 Å². The summed E-state index contributed by atoms with van der Waals surface area (Å²) in [5.74, 6) is 0.672. The van der Waals surface area contributed by atoms with E-state index < -0.39 is 0 Å². The van der Waals surface area contributed by atoms with Gasteiger partial charge in [-0.05, 0) is 18.9 Å². The van der Waals surface area contributed by atoms with Crippen molar-refractivity contribution in [2.75, 3.05) is 0 Å². The summed E-state index contributed by atoms with van der Waals surface area (Å²) in [6.07, 6.45) is 7.57. The molecular weight excluding hydrogens is 160 g/mol. The first kappa shape index (κ1) is 7.11. The van der Waals surface area contributed by atoms with Gasteiger partial charge in [0.1, 0.15) is 0 Å². The third kappa shape index (κ3) is 1.04. The summed E-state index contributed by atoms with van der Waals surface area (Å²) in [7, 11) is 0. The lowest BCUT2D eigenvalue weighted by Gasteiger charge is -2.19. The molecule has 2 aliphatic rings. The van der Waals surface area contributed by atoms with E-state index in [9.17, 15) is 4.79 Å². The fraction of sp³-hybridized carbons (Fsp3) is 0.444. The van der Waals surface area contributed by atoms with Gasteiger partial charge < -0.3 is 0 Å². The first-order valence-electron chi connectivity index (χ1n) is 3.85. The maximum absolute atomic E-state index is 11.2. The van der Waals surface area contributed by atoms with Crippen LogP contribution in [-0.4, -0.2) is 5.78 Å². The first-order valence-corrected chi connectivity index (χ1v) is 4.23. The van der Waals surface area contributed by atoms with E-state index in [1.54, 1.807) is 6.08 Å². The summed E-state index contributed by atoms with van der Waals surface area (Å²) < 4.78 is 0. The number of fused-ring (bicyclic) bond motifs is 1. The van der Waals surface area contributed by atoms with Crippen LogP contribution in [0.5, 0.6) is 0 Å². The largest absolute Gasteiger partial charge is 0.294 e. The van der Waals surface area contributed by atoms with Crippen molar-refractivity contribution in [3.63, 3.8) is 0 Å². The SMILES string of the molecule is O=C1C=C(Cl)C2CC=CCC12. The topological polar surface area (TPSA) is 17.1 Å². The maximum atomic E-state index is 11.2. The summed E-state index contributed by atoms with van der Waals surface area (Å²) in [6.45, 7) is 0. The lowest BCUT2D eigenvalue weighted by molar-refractivity contribution is -0.118. The molecule has 2 atom stereocenters. The van der Waals surface area contributed by atoms with Crippen molar-refractivity contribution in [3.8, 4) is 0 Å². The van der Waals surface area contributed by atoms with Crippen LogP contribution in [0, 0.1) is 11.8 Å². The van der Waals surface area contributed by atoms with Crippen molar-refractivity contribution >= 4 is 17.4 Å². The average Bonchev–Trinajstić information content (AvgIpc) is 2.30. The highest BCUT2D eigenvalue weighted by molar-refractivity contribution is 6.32. The van der Waals surface area contributed by atoms with Gasteiger partial charge in [0, 0.05) is 16.9 Å². The van der Waals surface area contributed by atoms with Gasteiger partial charge in [-0.25, -0.2) is 0 Å². The molecule has 0 aromatic rings. The van der Waals surface area contributed by atoms with Gasteiger partial charge in [-0.1, -0.05) is 23.8 Å². The standard InChI is InChI=1S/C9H9ClO/c10-8-5-9(11)7-4-2-1-3-6(7)8/h1-2,5-7H,3-4H2. The lowest BCUT2D eigenvalue weighted by atomic mass is 9.85. The van der Waals surface area contributed by atoms with Crippen LogP contribution in [0.3, 0.4) is 0 Å². The number of hydrogen-bond acceptors (Lipinski definition) is 1. The molecular formula is C9H9ClO. The Balaban J connectivity index is 2.29. The lowest BCUT2D eigenvalue weighted by Crippen LogP contribution is -2.17. The van der Waals surface area contributed by atoms with Gasteiger partial charge in [0.2, 0.25) is 0 Å². The predicted octanol–water partition coefficient (Wildman–Crippen LogP) is 2.27. The summed E-state index contributed by atoms with van der Waals surface area (Å²) in [6, 6.07) is 0. The Morgan fingerprint density at radius 2 is 1.91 bits per heavy atom. The van der Waals surface area contributed by atoms with Crippen molar-refractivity contribution in [1.82, 2.24) is 0 Å². The summed E-state index contributed by atoms with van der Waals surface area (Å²) in [4.78, 5) is 11.2. The van der Waals surface area contributed by atoms with Crippen molar-refractivity contribution in [1.29, 1.82) is 0 Å². The Morgan fingerprint density at radius 1 is 1.27 bits per heavy atom. The monoisotopic (exact) mass is 168 g/mol. The molecule has 2 unspecified atom stereocenters. The molecule has 0 saturated heterocycles. The Labute approximate surface area is 70.7 Å². The molecule has 11 heavy (non-hydrogen) atoms. The molecule has 0 amide bonds. The van der Waals surface area contributed by atoms with E-state index in [4.69, 9.17) is 11.6 Å². The average molecular weight is 169 g/mol. The van der Waals surface area contributed by atoms with Gasteiger partial charge in [0.25, 0.3) is 0 Å². The van der Waals surface area contributed by atoms with Crippen LogP contribution in [0.2, 0.25) is 0 Å². The molecule has 0 N–H and O–H groups in total. The Kier molecular flexibility index (Phi) is 1.61. The molecule has 0 radical (unpaired) electrons. The number of carbonyl (C=O) groups is 1. The van der Waals surface area contributed by atoms with Gasteiger partial charge in [0.05, 0.1) is 0 Å². The minimum absolute atomic E-state index is 0.160. The van der Waals surface area contributed by atoms with E-state index in [2.05, 4.69) is 12.2 Å². The van der Waals surface area contributed by atoms with Crippen molar-refractivity contribution in [2.45, 2.75) is 12.8 Å². The van der Waals surface area contributed by atoms with Crippen LogP contribution in [0.1, 0.15) is 12.8 Å². The highest BCUT2D eigenvalue weighted by Crippen LogP contribution is 2.39. The highest BCUT2D eigenvalue weighted by Gasteiger charge is 2.34. The van der Waals surface area contributed by atoms with E-state index in [1.807, 2.05) is 0 Å². The Hall–Kier alpha value is -0.560. The fourth-order valence-corrected chi connectivity index (χ4v) is 2.13. The normalized spacial score (nSPS) is 35.4. The van der Waals surface area contributed by atoms with E-state index in [0.717, 1.165) is 17.9 Å². The molecule has 2 aliphatic carbocycles. The number of carbonyl (C=O) groups excluding carboxylic acids is 1. The molecule has 0 bridgehead atoms. The molecule has 0 fully saturated rings. The van der Waals surface area contributed by atoms with Crippen LogP contribution >= 0.6 is 11.6 Å². The van der Waals surface area contributed by atoms with Crippen molar-refractivity contribution in [3.05, 3.63) is 23.3 Å². The molecule has 1 nitrogen and oxygen atoms in total. The third-order valence-electron chi connectivity index (χ3n) is 2.43. The second kappa shape index (κ2) is 2.49. The molecule has 0 aromatic carbocycles. The smallest absolute Gasteiger partial charge is 0.160 e. The molecule has 0 saturated carbocycles. The minimum atomic E-state index is 0.160. The van der Waals surface area contributed by atoms with Gasteiger partial charge in [-0.3, -0.25) is 4.79 Å². The molecule has 2 rings (SSSR count). The van der Waals surface area contributed by atoms with E-state index in [-0.39, 0.29) is 11.7 Å². The van der Waals surface area contributed by atoms with Crippen LogP contribution in [0.25, 0.3) is 0 Å². The number of ketones is 1. The zero-order valence-corrected chi connectivity index (χ0v) is 6.84. The zero-order valence-electron chi connectivity index (χ0n) is 6.09. The highest BCUT2D eigenvalue weighted by atomic mass is 35.5. The summed E-state index contributed by atoms with van der Waals surface area (Å²) in [5.41, 5.74) is 0. The van der Waals surface area contributed by atoms with E-state index in [1.165, 1.54) is 0 Å². The van der Waals surface area contributed by atoms with Crippen LogP contribution in [0.15, 0.2) is 23.3 Å². The number of hydrogen-bond donors (Lipinski definition) is 0. The molecule has 0 aromatic heterocycles. The summed E-state index contributed by atoms with van der Waals surface area (Å²) >= 11 is 5.89. The van der Waals surface area contributed by atoms with Crippen molar-refractivity contribution < 1.29 is 4.79 Å². The number of allylic oxidation sites excluding steroid dienone is 4. The predicted molar refractivity (Wildman–Crippen MR) is 44.3 cm³/mol. The second-order valence-electron chi connectivity index (χ2n) is 3.09. The molecule has 0 spiro atoms. The first-order chi connectivity index (χ1) is 5.29. The van der Waals surface area contributed by atoms with E-state index >= 15 is 0 Å². The fourth-order valence-electron chi connectivity index (χ4n) is 1.78. The van der Waals surface area contributed by atoms with Crippen LogP contribution in [-0.2, 0) is 4.79 Å². The van der Waals surface area contributed by atoms with Crippen LogP contribution in [0.4, 0.5) is 0 Å². The maximum Gasteiger partial charge on any atom is 0.160 e. The molecule has 0 heterocycles. The van der Waals surface area contributed by atoms with Gasteiger partial charge in [-0.15, -0.1) is 0 Å². The zero-order chi connectivity index (χ0) is 7.84. The Morgan fingerprint density at radius 3 is 2.55 bits per heavy atom. The second-order valence-corrected chi connectivity index (χ2v) is 3.52. The summed E-state index contributed by atoms with van der Waals surface area (Å²) in [5, 5.41) is 0.754. The van der Waals surface area contributed by atoms with Gasteiger partial charge in [-0.2, -0.15) is 0 Å². The minimum Gasteiger partial charge on any atom is -0.294 e. The molecule has 2 heteroatoms. The van der Waals surface area contributed by atoms with Crippen molar-refractivity contribution in [2.24, 2.45) is 11.8 Å². The van der Waals surface area contributed by atoms with E-state index in [0.29, 0.717) is 5.92 Å². The molecule has 58 valence electrons. The Bertz CT molecular complexity index is 252. The third-order valence-corrected chi connectivity index (χ3v) is 2.82. The number of halogens is 1.